The molecular formula is C10H22N4O2S. The maximum atomic E-state index is 11.4. The molecular weight excluding hydrogens is 240 g/mol. The van der Waals surface area contributed by atoms with Crippen LogP contribution in [0.3, 0.4) is 0 Å². The molecule has 1 saturated heterocycles. The van der Waals surface area contributed by atoms with Gasteiger partial charge >= 0.3 is 0 Å². The number of hydrogen-bond donors (Lipinski definition) is 2. The third-order valence-electron chi connectivity index (χ3n) is 2.83. The zero-order chi connectivity index (χ0) is 13.1. The second-order valence-electron chi connectivity index (χ2n) is 4.87. The molecule has 0 radical (unpaired) electrons. The number of sulfone groups is 1. The summed E-state index contributed by atoms with van der Waals surface area (Å²) in [6.07, 6.45) is 0.640. The van der Waals surface area contributed by atoms with Crippen LogP contribution < -0.4 is 11.3 Å². The minimum atomic E-state index is -2.88. The van der Waals surface area contributed by atoms with Gasteiger partial charge in [0, 0.05) is 19.6 Å². The van der Waals surface area contributed by atoms with E-state index < -0.39 is 9.84 Å². The second-order valence-corrected chi connectivity index (χ2v) is 7.10. The van der Waals surface area contributed by atoms with E-state index in [4.69, 9.17) is 5.84 Å². The van der Waals surface area contributed by atoms with Crippen LogP contribution in [-0.2, 0) is 9.84 Å². The van der Waals surface area contributed by atoms with Crippen molar-refractivity contribution in [2.24, 2.45) is 16.8 Å². The van der Waals surface area contributed by atoms with Crippen LogP contribution in [0.1, 0.15) is 20.3 Å². The predicted octanol–water partition coefficient (Wildman–Crippen LogP) is -0.419. The van der Waals surface area contributed by atoms with Crippen molar-refractivity contribution >= 4 is 15.8 Å². The van der Waals surface area contributed by atoms with Crippen LogP contribution in [0.4, 0.5) is 0 Å². The third-order valence-corrected chi connectivity index (χ3v) is 4.58. The van der Waals surface area contributed by atoms with Crippen LogP contribution in [0.5, 0.6) is 0 Å². The van der Waals surface area contributed by atoms with Crippen molar-refractivity contribution in [3.63, 3.8) is 0 Å². The number of nitrogens with two attached hydrogens (primary N) is 1. The Labute approximate surface area is 103 Å². The third kappa shape index (κ3) is 4.16. The summed E-state index contributed by atoms with van der Waals surface area (Å²) in [4.78, 5) is 6.17. The Morgan fingerprint density at radius 1 is 1.59 bits per heavy atom. The van der Waals surface area contributed by atoms with Gasteiger partial charge in [-0.3, -0.25) is 10.4 Å². The highest BCUT2D eigenvalue weighted by Gasteiger charge is 2.31. The Hall–Kier alpha value is -0.820. The minimum absolute atomic E-state index is 0.0260. The van der Waals surface area contributed by atoms with Gasteiger partial charge in [-0.05, 0) is 12.3 Å². The standard InChI is InChI=1S/C10H22N4O2S/c1-8(2)6-12-10(13-11)14(3)9-4-5-17(15,16)7-9/h8-9H,4-7,11H2,1-3H3,(H,12,13). The fourth-order valence-corrected chi connectivity index (χ4v) is 3.56. The first-order valence-corrected chi connectivity index (χ1v) is 7.62. The van der Waals surface area contributed by atoms with Gasteiger partial charge in [0.15, 0.2) is 9.84 Å². The van der Waals surface area contributed by atoms with E-state index in [1.807, 2.05) is 11.9 Å². The lowest BCUT2D eigenvalue weighted by atomic mass is 10.2. The van der Waals surface area contributed by atoms with E-state index in [1.54, 1.807) is 0 Å². The number of hydrogen-bond acceptors (Lipinski definition) is 4. The number of nitrogens with one attached hydrogen (secondary N) is 1. The molecule has 0 spiro atoms. The molecule has 0 aromatic heterocycles. The Bertz CT molecular complexity index is 378. The molecule has 1 aliphatic rings. The van der Waals surface area contributed by atoms with E-state index in [1.165, 1.54) is 0 Å². The summed E-state index contributed by atoms with van der Waals surface area (Å²) in [6, 6.07) is -0.0260. The van der Waals surface area contributed by atoms with E-state index in [0.717, 1.165) is 0 Å². The number of guanidine groups is 1. The van der Waals surface area contributed by atoms with Crippen molar-refractivity contribution in [2.45, 2.75) is 26.3 Å². The van der Waals surface area contributed by atoms with Gasteiger partial charge in [0.05, 0.1) is 11.5 Å². The van der Waals surface area contributed by atoms with Gasteiger partial charge in [0.25, 0.3) is 0 Å². The van der Waals surface area contributed by atoms with Gasteiger partial charge in [0.2, 0.25) is 5.96 Å². The Morgan fingerprint density at radius 3 is 2.65 bits per heavy atom. The summed E-state index contributed by atoms with van der Waals surface area (Å²) in [6.45, 7) is 4.80. The van der Waals surface area contributed by atoms with Crippen molar-refractivity contribution in [3.05, 3.63) is 0 Å². The first kappa shape index (κ1) is 14.2. The summed E-state index contributed by atoms with van der Waals surface area (Å²) in [7, 11) is -1.05. The first-order valence-electron chi connectivity index (χ1n) is 5.80. The zero-order valence-electron chi connectivity index (χ0n) is 10.7. The van der Waals surface area contributed by atoms with E-state index in [0.29, 0.717) is 24.8 Å². The quantitative estimate of drug-likeness (QED) is 0.312. The molecule has 17 heavy (non-hydrogen) atoms. The molecule has 100 valence electrons. The number of hydrazine groups is 1. The van der Waals surface area contributed by atoms with Crippen molar-refractivity contribution in [1.29, 1.82) is 0 Å². The van der Waals surface area contributed by atoms with Gasteiger partial charge in [-0.2, -0.15) is 0 Å². The molecule has 1 aliphatic heterocycles. The number of nitrogens with zero attached hydrogens (tertiary/aromatic N) is 2. The molecule has 1 unspecified atom stereocenters. The molecule has 1 rings (SSSR count). The second kappa shape index (κ2) is 5.68. The number of aliphatic imine (C=N–C) groups is 1. The highest BCUT2D eigenvalue weighted by atomic mass is 32.2. The van der Waals surface area contributed by atoms with Gasteiger partial charge in [-0.1, -0.05) is 13.8 Å². The fourth-order valence-electron chi connectivity index (χ4n) is 1.78. The average Bonchev–Trinajstić information content (AvgIpc) is 2.59. The van der Waals surface area contributed by atoms with Gasteiger partial charge in [-0.15, -0.1) is 0 Å². The summed E-state index contributed by atoms with van der Waals surface area (Å²) in [5.41, 5.74) is 2.54. The average molecular weight is 262 g/mol. The number of rotatable bonds is 3. The van der Waals surface area contributed by atoms with Gasteiger partial charge in [0.1, 0.15) is 0 Å². The summed E-state index contributed by atoms with van der Waals surface area (Å²) in [5.74, 6) is 6.86. The lowest BCUT2D eigenvalue weighted by Crippen LogP contribution is -2.48. The smallest absolute Gasteiger partial charge is 0.208 e. The topological polar surface area (TPSA) is 87.8 Å². The monoisotopic (exact) mass is 262 g/mol. The van der Waals surface area contributed by atoms with Crippen molar-refractivity contribution in [2.75, 3.05) is 25.1 Å². The molecule has 0 aliphatic carbocycles. The summed E-state index contributed by atoms with van der Waals surface area (Å²) < 4.78 is 22.8. The van der Waals surface area contributed by atoms with Crippen molar-refractivity contribution < 1.29 is 8.42 Å². The highest BCUT2D eigenvalue weighted by molar-refractivity contribution is 7.91. The molecule has 1 atom stereocenters. The molecule has 1 fully saturated rings. The Morgan fingerprint density at radius 2 is 2.24 bits per heavy atom. The Balaban J connectivity index is 2.67. The fraction of sp³-hybridized carbons (Fsp3) is 0.900. The van der Waals surface area contributed by atoms with E-state index in [9.17, 15) is 8.42 Å². The summed E-state index contributed by atoms with van der Waals surface area (Å²) in [5, 5.41) is 0. The maximum absolute atomic E-state index is 11.4. The SMILES string of the molecule is CC(C)CN=C(NN)N(C)C1CCS(=O)(=O)C1. The molecule has 6 nitrogen and oxygen atoms in total. The van der Waals surface area contributed by atoms with E-state index in [-0.39, 0.29) is 17.5 Å². The summed E-state index contributed by atoms with van der Waals surface area (Å²) >= 11 is 0. The molecule has 0 aromatic carbocycles. The molecule has 3 N–H and O–H groups in total. The first-order chi connectivity index (χ1) is 7.85. The van der Waals surface area contributed by atoms with E-state index >= 15 is 0 Å². The molecule has 0 aromatic rings. The van der Waals surface area contributed by atoms with Crippen LogP contribution in [0.2, 0.25) is 0 Å². The molecule has 1 heterocycles. The molecule has 7 heteroatoms. The molecule has 0 bridgehead atoms. The maximum Gasteiger partial charge on any atom is 0.208 e. The zero-order valence-corrected chi connectivity index (χ0v) is 11.5. The van der Waals surface area contributed by atoms with Gasteiger partial charge < -0.3 is 4.90 Å². The van der Waals surface area contributed by atoms with Crippen LogP contribution in [0.25, 0.3) is 0 Å². The largest absolute Gasteiger partial charge is 0.341 e. The van der Waals surface area contributed by atoms with Crippen molar-refractivity contribution in [1.82, 2.24) is 10.3 Å². The molecule has 0 saturated carbocycles. The normalized spacial score (nSPS) is 24.1. The van der Waals surface area contributed by atoms with Crippen molar-refractivity contribution in [3.8, 4) is 0 Å². The van der Waals surface area contributed by atoms with Crippen LogP contribution >= 0.6 is 0 Å². The highest BCUT2D eigenvalue weighted by Crippen LogP contribution is 2.16. The van der Waals surface area contributed by atoms with E-state index in [2.05, 4.69) is 24.3 Å². The van der Waals surface area contributed by atoms with Crippen LogP contribution in [-0.4, -0.2) is 50.4 Å². The van der Waals surface area contributed by atoms with Gasteiger partial charge in [-0.25, -0.2) is 14.3 Å². The predicted molar refractivity (Wildman–Crippen MR) is 69.3 cm³/mol. The van der Waals surface area contributed by atoms with Crippen LogP contribution in [0, 0.1) is 5.92 Å². The lowest BCUT2D eigenvalue weighted by molar-refractivity contribution is 0.381. The van der Waals surface area contributed by atoms with Crippen LogP contribution in [0.15, 0.2) is 4.99 Å². The Kier molecular flexibility index (Phi) is 4.76. The molecule has 0 amide bonds. The lowest BCUT2D eigenvalue weighted by Gasteiger charge is -2.26. The minimum Gasteiger partial charge on any atom is -0.341 e.